The molecule has 2 unspecified atom stereocenters. The van der Waals surface area contributed by atoms with Crippen LogP contribution in [0.2, 0.25) is 0 Å². The predicted molar refractivity (Wildman–Crippen MR) is 280 cm³/mol. The van der Waals surface area contributed by atoms with E-state index in [-0.39, 0.29) is 48.4 Å². The summed E-state index contributed by atoms with van der Waals surface area (Å²) in [4.78, 5) is 64.9. The number of fused-ring (bicyclic) bond motifs is 2. The molecule has 3 amide bonds. The molecule has 73 heavy (non-hydrogen) atoms. The maximum Gasteiger partial charge on any atom is 0.246 e. The van der Waals surface area contributed by atoms with Gasteiger partial charge >= 0.3 is 0 Å². The van der Waals surface area contributed by atoms with E-state index in [1.165, 1.54) is 27.5 Å². The summed E-state index contributed by atoms with van der Waals surface area (Å²) in [6.07, 6.45) is 11.1. The molecule has 1 spiro atoms. The Labute approximate surface area is 431 Å². The number of amides is 3. The molecular formula is C55H68N12O5S. The zero-order valence-corrected chi connectivity index (χ0v) is 43.1. The van der Waals surface area contributed by atoms with Crippen LogP contribution in [0.15, 0.2) is 72.5 Å². The number of phenolic OH excluding ortho intramolecular Hbond substituents is 1. The first kappa shape index (κ1) is 49.0. The van der Waals surface area contributed by atoms with Gasteiger partial charge in [-0.1, -0.05) is 45.0 Å². The van der Waals surface area contributed by atoms with Crippen molar-refractivity contribution in [3.8, 4) is 27.4 Å². The number of rotatable bonds is 12. The van der Waals surface area contributed by atoms with Crippen LogP contribution in [0.1, 0.15) is 102 Å². The van der Waals surface area contributed by atoms with Crippen molar-refractivity contribution in [2.45, 2.75) is 134 Å². The lowest BCUT2D eigenvalue weighted by atomic mass is 9.49. The van der Waals surface area contributed by atoms with Crippen molar-refractivity contribution in [2.24, 2.45) is 16.7 Å². The molecule has 5 aromatic rings. The molecule has 2 saturated carbocycles. The van der Waals surface area contributed by atoms with Crippen molar-refractivity contribution < 1.29 is 24.6 Å². The molecule has 0 radical (unpaired) electrons. The monoisotopic (exact) mass is 1010 g/mol. The molecule has 384 valence electrons. The maximum atomic E-state index is 14.3. The predicted octanol–water partition coefficient (Wildman–Crippen LogP) is 6.06. The number of carbonyl (C=O) groups excluding carboxylic acids is 3. The smallest absolute Gasteiger partial charge is 0.246 e. The van der Waals surface area contributed by atoms with Crippen molar-refractivity contribution in [1.82, 2.24) is 45.6 Å². The fraction of sp³-hybridized carbons (Fsp3) is 0.527. The second-order valence-electron chi connectivity index (χ2n) is 22.9. The van der Waals surface area contributed by atoms with Gasteiger partial charge in [0.1, 0.15) is 23.7 Å². The van der Waals surface area contributed by atoms with Gasteiger partial charge in [-0.05, 0) is 124 Å². The van der Waals surface area contributed by atoms with Crippen LogP contribution in [-0.2, 0) is 20.9 Å². The van der Waals surface area contributed by atoms with Crippen LogP contribution < -0.4 is 26.2 Å². The maximum absolute atomic E-state index is 14.3. The number of nitrogens with zero attached hydrogens (tertiary/aromatic N) is 9. The SMILES string of the molecule is Cc1ncsc1-c1cnc(CNC(=O)[C@@H]2C[C@@H](O)CN2C(=O)[C@@H](NC(=O)C2CC3(C2)CC(N2CCC(c4ccc(N5C6CCC5CN(c5cc(-c7ccccc7O)nnc5N)C6)cc4)CC2)C3)C(C)(C)C)nc1. The van der Waals surface area contributed by atoms with Gasteiger partial charge in [0, 0.05) is 79.3 Å². The van der Waals surface area contributed by atoms with Gasteiger partial charge in [-0.25, -0.2) is 15.0 Å². The van der Waals surface area contributed by atoms with Gasteiger partial charge < -0.3 is 46.2 Å². The van der Waals surface area contributed by atoms with Crippen LogP contribution in [0.3, 0.4) is 0 Å². The van der Waals surface area contributed by atoms with Gasteiger partial charge in [0.15, 0.2) is 5.82 Å². The summed E-state index contributed by atoms with van der Waals surface area (Å²) in [5.41, 5.74) is 14.3. The Morgan fingerprint density at radius 3 is 2.23 bits per heavy atom. The summed E-state index contributed by atoms with van der Waals surface area (Å²) < 4.78 is 0. The number of anilines is 3. The number of aromatic nitrogens is 5. The van der Waals surface area contributed by atoms with Gasteiger partial charge in [0.2, 0.25) is 17.7 Å². The highest BCUT2D eigenvalue weighted by atomic mass is 32.1. The molecule has 7 heterocycles. The largest absolute Gasteiger partial charge is 0.507 e. The van der Waals surface area contributed by atoms with Gasteiger partial charge in [0.25, 0.3) is 0 Å². The third-order valence-electron chi connectivity index (χ3n) is 17.0. The molecule has 2 aromatic carbocycles. The van der Waals surface area contributed by atoms with E-state index >= 15 is 0 Å². The van der Waals surface area contributed by atoms with E-state index in [4.69, 9.17) is 5.73 Å². The van der Waals surface area contributed by atoms with E-state index in [1.54, 1.807) is 30.0 Å². The first-order valence-corrected chi connectivity index (χ1v) is 27.0. The molecule has 6 aliphatic rings. The third-order valence-corrected chi connectivity index (χ3v) is 18.0. The second kappa shape index (κ2) is 19.6. The number of nitrogens with one attached hydrogen (secondary N) is 2. The van der Waals surface area contributed by atoms with E-state index < -0.39 is 29.5 Å². The van der Waals surface area contributed by atoms with Gasteiger partial charge in [-0.3, -0.25) is 14.4 Å². The average molecular weight is 1010 g/mol. The number of carbonyl (C=O) groups is 3. The molecule has 4 aliphatic heterocycles. The van der Waals surface area contributed by atoms with Crippen LogP contribution in [0.5, 0.6) is 5.75 Å². The highest BCUT2D eigenvalue weighted by Crippen LogP contribution is 2.60. The number of aliphatic hydroxyl groups excluding tert-OH is 1. The van der Waals surface area contributed by atoms with Crippen molar-refractivity contribution in [2.75, 3.05) is 48.3 Å². The molecule has 2 aliphatic carbocycles. The van der Waals surface area contributed by atoms with Crippen molar-refractivity contribution >= 4 is 46.3 Å². The van der Waals surface area contributed by atoms with Gasteiger partial charge in [0.05, 0.1) is 40.1 Å². The molecule has 11 rings (SSSR count). The number of hydrogen-bond donors (Lipinski definition) is 5. The van der Waals surface area contributed by atoms with Crippen LogP contribution in [0, 0.1) is 23.7 Å². The van der Waals surface area contributed by atoms with Crippen LogP contribution in [-0.4, -0.2) is 132 Å². The lowest BCUT2D eigenvalue weighted by Gasteiger charge is -2.60. The fourth-order valence-corrected chi connectivity index (χ4v) is 13.8. The number of thiazole rings is 1. The van der Waals surface area contributed by atoms with E-state index in [2.05, 4.69) is 74.7 Å². The van der Waals surface area contributed by atoms with Crippen molar-refractivity contribution in [3.63, 3.8) is 0 Å². The Morgan fingerprint density at radius 2 is 1.58 bits per heavy atom. The van der Waals surface area contributed by atoms with E-state index in [9.17, 15) is 24.6 Å². The fourth-order valence-electron chi connectivity index (χ4n) is 13.0. The standard InChI is InChI=1S/C55H68N12O5S/c1-32-48(73-31-60-32)36-25-57-47(58-26-36)27-59-52(71)45-19-41(68)30-66(45)53(72)49(54(2,3)4)61-51(70)35-21-55(22-35)23-40(24-55)64-17-15-34(16-18-64)33-9-11-37(12-10-33)67-38-13-14-39(67)29-65(28-38)44-20-43(62-63-50(44)56)42-7-5-6-8-46(42)69/h5-12,20,25-26,31,34-35,38-41,45,49,68-69H,13-19,21-24,27-30H2,1-4H3,(H2,56,63)(H,59,71)(H,61,70)/t35?,38?,39?,40?,41-,45+,49-,55?/m1/s1. The number of para-hydroxylation sites is 1. The zero-order chi connectivity index (χ0) is 50.8. The summed E-state index contributed by atoms with van der Waals surface area (Å²) in [5, 5.41) is 35.7. The van der Waals surface area contributed by atoms with Crippen LogP contribution in [0.25, 0.3) is 21.7 Å². The number of phenols is 1. The Kier molecular flexibility index (Phi) is 13.1. The molecule has 18 heteroatoms. The summed E-state index contributed by atoms with van der Waals surface area (Å²) in [6.45, 7) is 11.6. The summed E-state index contributed by atoms with van der Waals surface area (Å²) in [6, 6.07) is 18.1. The number of β-amino-alcohol motifs (C(OH)–C–C–N with tert-alkyl or cyclic N) is 1. The Hall–Kier alpha value is -6.24. The molecule has 3 aromatic heterocycles. The molecule has 17 nitrogen and oxygen atoms in total. The Morgan fingerprint density at radius 1 is 0.877 bits per heavy atom. The molecule has 4 saturated heterocycles. The molecule has 2 bridgehead atoms. The second-order valence-corrected chi connectivity index (χ2v) is 23.7. The Bertz CT molecular complexity index is 2820. The number of benzene rings is 2. The number of piperidine rings is 1. The minimum atomic E-state index is -0.881. The summed E-state index contributed by atoms with van der Waals surface area (Å²) >= 11 is 1.51. The van der Waals surface area contributed by atoms with Crippen LogP contribution >= 0.6 is 11.3 Å². The number of aliphatic hydroxyl groups is 1. The normalized spacial score (nSPS) is 26.6. The Balaban J connectivity index is 0.631. The summed E-state index contributed by atoms with van der Waals surface area (Å²) in [5.74, 6) is 0.544. The zero-order valence-electron chi connectivity index (χ0n) is 42.3. The lowest BCUT2D eigenvalue weighted by Crippen LogP contribution is -2.62. The molecule has 6 N–H and O–H groups in total. The number of aromatic hydroxyl groups is 1. The average Bonchev–Trinajstić information content (AvgIpc) is 4.05. The number of nitrogens with two attached hydrogens (primary N) is 1. The summed E-state index contributed by atoms with van der Waals surface area (Å²) in [7, 11) is 0. The van der Waals surface area contributed by atoms with Gasteiger partial charge in [-0.2, -0.15) is 0 Å². The minimum Gasteiger partial charge on any atom is -0.507 e. The molecular weight excluding hydrogens is 941 g/mol. The van der Waals surface area contributed by atoms with Crippen LogP contribution in [0.4, 0.5) is 17.2 Å². The number of hydrogen-bond acceptors (Lipinski definition) is 15. The number of likely N-dealkylation sites (tertiary alicyclic amines) is 2. The third kappa shape index (κ3) is 9.73. The van der Waals surface area contributed by atoms with E-state index in [0.717, 1.165) is 99.4 Å². The number of aryl methyl sites for hydroxylation is 1. The number of nitrogen functional groups attached to an aromatic ring is 1. The first-order valence-electron chi connectivity index (χ1n) is 26.2. The lowest BCUT2D eigenvalue weighted by molar-refractivity contribution is -0.150. The van der Waals surface area contributed by atoms with Gasteiger partial charge in [-0.15, -0.1) is 21.5 Å². The van der Waals surface area contributed by atoms with E-state index in [1.807, 2.05) is 45.9 Å². The van der Waals surface area contributed by atoms with E-state index in [0.29, 0.717) is 46.9 Å². The quantitative estimate of drug-likeness (QED) is 0.0961. The topological polar surface area (TPSA) is 219 Å². The van der Waals surface area contributed by atoms with Crippen molar-refractivity contribution in [3.05, 3.63) is 89.6 Å². The molecule has 5 atom stereocenters. The highest BCUT2D eigenvalue weighted by molar-refractivity contribution is 7.13. The highest BCUT2D eigenvalue weighted by Gasteiger charge is 2.57. The minimum absolute atomic E-state index is 0.0187. The van der Waals surface area contributed by atoms with Crippen molar-refractivity contribution in [1.29, 1.82) is 0 Å². The number of piperazine rings is 1. The molecule has 6 fully saturated rings. The first-order chi connectivity index (χ1) is 35.1.